The maximum atomic E-state index is 12.4. The van der Waals surface area contributed by atoms with Gasteiger partial charge in [0.25, 0.3) is 5.91 Å². The van der Waals surface area contributed by atoms with Crippen molar-refractivity contribution in [3.05, 3.63) is 35.9 Å². The molecule has 9 heteroatoms. The van der Waals surface area contributed by atoms with Crippen molar-refractivity contribution in [2.24, 2.45) is 0 Å². The first-order valence-electron chi connectivity index (χ1n) is 8.98. The lowest BCUT2D eigenvalue weighted by Crippen LogP contribution is -2.22. The quantitative estimate of drug-likeness (QED) is 0.760. The molecule has 0 aromatic heterocycles. The molecule has 0 radical (unpaired) electrons. The van der Waals surface area contributed by atoms with Crippen LogP contribution in [-0.4, -0.2) is 52.0 Å². The van der Waals surface area contributed by atoms with E-state index in [1.165, 1.54) is 19.2 Å². The average molecular weight is 401 g/mol. The van der Waals surface area contributed by atoms with Crippen LogP contribution in [0.4, 0.5) is 5.69 Å². The maximum absolute atomic E-state index is 12.4. The van der Waals surface area contributed by atoms with Gasteiger partial charge in [-0.05, 0) is 24.3 Å². The summed E-state index contributed by atoms with van der Waals surface area (Å²) in [6.45, 7) is 1.24. The van der Waals surface area contributed by atoms with Crippen molar-refractivity contribution in [2.45, 2.75) is 0 Å². The molecule has 1 N–H and O–H groups in total. The number of hydrogen-bond donors (Lipinski definition) is 1. The average Bonchev–Trinajstić information content (AvgIpc) is 2.76. The molecule has 9 nitrogen and oxygen atoms in total. The summed E-state index contributed by atoms with van der Waals surface area (Å²) in [4.78, 5) is 24.5. The molecular formula is C20H19NO8. The summed E-state index contributed by atoms with van der Waals surface area (Å²) < 4.78 is 32.2. The second-order valence-corrected chi connectivity index (χ2v) is 6.19. The molecule has 0 spiro atoms. The van der Waals surface area contributed by atoms with Crippen LogP contribution in [0.15, 0.2) is 30.3 Å². The van der Waals surface area contributed by atoms with Crippen LogP contribution in [0.3, 0.4) is 0 Å². The summed E-state index contributed by atoms with van der Waals surface area (Å²) in [5.41, 5.74) is 0.703. The van der Waals surface area contributed by atoms with Gasteiger partial charge in [0.1, 0.15) is 26.4 Å². The molecule has 0 saturated carbocycles. The highest BCUT2D eigenvalue weighted by Crippen LogP contribution is 2.40. The molecule has 1 amide bonds. The second kappa shape index (κ2) is 8.17. The molecule has 2 aromatic carbocycles. The molecule has 4 rings (SSSR count). The number of fused-ring (bicyclic) bond motifs is 2. The molecule has 0 atom stereocenters. The summed E-state index contributed by atoms with van der Waals surface area (Å²) in [7, 11) is 1.46. The predicted molar refractivity (Wildman–Crippen MR) is 100 cm³/mol. The van der Waals surface area contributed by atoms with Crippen LogP contribution in [0.25, 0.3) is 0 Å². The molecule has 0 fully saturated rings. The molecule has 2 aliphatic rings. The molecule has 0 unspecified atom stereocenters. The van der Waals surface area contributed by atoms with Gasteiger partial charge in [0.05, 0.1) is 12.7 Å². The smallest absolute Gasteiger partial charge is 0.338 e. The zero-order valence-electron chi connectivity index (χ0n) is 15.7. The zero-order chi connectivity index (χ0) is 20.2. The van der Waals surface area contributed by atoms with Crippen molar-refractivity contribution < 1.29 is 38.0 Å². The largest absolute Gasteiger partial charge is 0.493 e. The Morgan fingerprint density at radius 1 is 0.931 bits per heavy atom. The summed E-state index contributed by atoms with van der Waals surface area (Å²) in [6.07, 6.45) is 0. The van der Waals surface area contributed by atoms with Crippen molar-refractivity contribution in [1.29, 1.82) is 0 Å². The van der Waals surface area contributed by atoms with E-state index in [4.69, 9.17) is 28.4 Å². The number of ether oxygens (including phenoxy) is 6. The van der Waals surface area contributed by atoms with Gasteiger partial charge in [-0.25, -0.2) is 4.79 Å². The van der Waals surface area contributed by atoms with E-state index in [2.05, 4.69) is 5.32 Å². The van der Waals surface area contributed by atoms with Crippen molar-refractivity contribution >= 4 is 17.6 Å². The molecule has 152 valence electrons. The third-order valence-corrected chi connectivity index (χ3v) is 4.22. The Balaban J connectivity index is 1.37. The first-order valence-corrected chi connectivity index (χ1v) is 8.98. The number of nitrogens with one attached hydrogen (secondary N) is 1. The lowest BCUT2D eigenvalue weighted by molar-refractivity contribution is -0.119. The normalized spacial score (nSPS) is 14.0. The monoisotopic (exact) mass is 401 g/mol. The van der Waals surface area contributed by atoms with Gasteiger partial charge in [0, 0.05) is 11.8 Å². The molecule has 0 aliphatic carbocycles. The third kappa shape index (κ3) is 4.13. The van der Waals surface area contributed by atoms with E-state index >= 15 is 0 Å². The topological polar surface area (TPSA) is 102 Å². The van der Waals surface area contributed by atoms with E-state index in [1.807, 2.05) is 0 Å². The maximum Gasteiger partial charge on any atom is 0.338 e. The molecule has 2 aromatic rings. The Bertz CT molecular complexity index is 925. The Kier molecular flexibility index (Phi) is 5.28. The van der Waals surface area contributed by atoms with E-state index in [0.717, 1.165) is 0 Å². The number of methoxy groups -OCH3 is 1. The van der Waals surface area contributed by atoms with E-state index in [-0.39, 0.29) is 5.56 Å². The van der Waals surface area contributed by atoms with E-state index < -0.39 is 18.5 Å². The highest BCUT2D eigenvalue weighted by atomic mass is 16.6. The number of esters is 1. The van der Waals surface area contributed by atoms with Gasteiger partial charge in [-0.15, -0.1) is 0 Å². The lowest BCUT2D eigenvalue weighted by Gasteiger charge is -2.21. The first-order chi connectivity index (χ1) is 14.1. The molecular weight excluding hydrogens is 382 g/mol. The van der Waals surface area contributed by atoms with Gasteiger partial charge >= 0.3 is 5.97 Å². The molecule has 2 heterocycles. The van der Waals surface area contributed by atoms with Crippen molar-refractivity contribution in [1.82, 2.24) is 0 Å². The van der Waals surface area contributed by atoms with E-state index in [9.17, 15) is 9.59 Å². The van der Waals surface area contributed by atoms with Crippen molar-refractivity contribution in [2.75, 3.05) is 45.5 Å². The fraction of sp³-hybridized carbons (Fsp3) is 0.300. The minimum atomic E-state index is -0.683. The predicted octanol–water partition coefficient (Wildman–Crippen LogP) is 2.03. The SMILES string of the molecule is COc1cc(C(=O)OCC(=O)Nc2ccc3c(c2)OCCO3)cc2c1OCCO2. The van der Waals surface area contributed by atoms with E-state index in [0.29, 0.717) is 60.9 Å². The van der Waals surface area contributed by atoms with Crippen LogP contribution in [0.1, 0.15) is 10.4 Å². The van der Waals surface area contributed by atoms with Gasteiger partial charge in [-0.1, -0.05) is 0 Å². The van der Waals surface area contributed by atoms with Gasteiger partial charge in [0.15, 0.2) is 29.6 Å². The number of benzene rings is 2. The first kappa shape index (κ1) is 18.7. The summed E-state index contributed by atoms with van der Waals surface area (Å²) in [5, 5.41) is 2.65. The van der Waals surface area contributed by atoms with Crippen LogP contribution in [0, 0.1) is 0 Å². The number of rotatable bonds is 5. The van der Waals surface area contributed by atoms with Crippen LogP contribution < -0.4 is 29.0 Å². The summed E-state index contributed by atoms with van der Waals surface area (Å²) in [6, 6.07) is 8.02. The van der Waals surface area contributed by atoms with E-state index in [1.54, 1.807) is 18.2 Å². The fourth-order valence-electron chi connectivity index (χ4n) is 2.92. The second-order valence-electron chi connectivity index (χ2n) is 6.19. The van der Waals surface area contributed by atoms with Crippen LogP contribution in [-0.2, 0) is 9.53 Å². The van der Waals surface area contributed by atoms with Gasteiger partial charge in [-0.2, -0.15) is 0 Å². The van der Waals surface area contributed by atoms with Gasteiger partial charge < -0.3 is 33.7 Å². The molecule has 29 heavy (non-hydrogen) atoms. The Labute approximate surface area is 166 Å². The minimum Gasteiger partial charge on any atom is -0.493 e. The van der Waals surface area contributed by atoms with Crippen LogP contribution >= 0.6 is 0 Å². The Hall–Kier alpha value is -3.62. The van der Waals surface area contributed by atoms with Crippen molar-refractivity contribution in [3.8, 4) is 28.7 Å². The molecule has 2 aliphatic heterocycles. The highest BCUT2D eigenvalue weighted by Gasteiger charge is 2.22. The summed E-state index contributed by atoms with van der Waals surface area (Å²) in [5.74, 6) is 1.18. The number of carbonyl (C=O) groups is 2. The zero-order valence-corrected chi connectivity index (χ0v) is 15.7. The number of amides is 1. The van der Waals surface area contributed by atoms with Crippen LogP contribution in [0.2, 0.25) is 0 Å². The Morgan fingerprint density at radius 2 is 1.66 bits per heavy atom. The number of carbonyl (C=O) groups excluding carboxylic acids is 2. The molecule has 0 saturated heterocycles. The van der Waals surface area contributed by atoms with Crippen molar-refractivity contribution in [3.63, 3.8) is 0 Å². The lowest BCUT2D eigenvalue weighted by atomic mass is 10.1. The van der Waals surface area contributed by atoms with Crippen LogP contribution in [0.5, 0.6) is 28.7 Å². The third-order valence-electron chi connectivity index (χ3n) is 4.22. The minimum absolute atomic E-state index is 0.193. The fourth-order valence-corrected chi connectivity index (χ4v) is 2.92. The summed E-state index contributed by atoms with van der Waals surface area (Å²) >= 11 is 0. The van der Waals surface area contributed by atoms with Gasteiger partial charge in [-0.3, -0.25) is 4.79 Å². The number of hydrogen-bond acceptors (Lipinski definition) is 8. The standard InChI is InChI=1S/C20H19NO8/c1-24-16-8-12(9-17-19(16)28-7-6-27-17)20(23)29-11-18(22)21-13-2-3-14-15(10-13)26-5-4-25-14/h2-3,8-10H,4-7,11H2,1H3,(H,21,22). The van der Waals surface area contributed by atoms with Gasteiger partial charge in [0.2, 0.25) is 5.75 Å². The Morgan fingerprint density at radius 3 is 2.45 bits per heavy atom. The molecule has 0 bridgehead atoms. The highest BCUT2D eigenvalue weighted by molar-refractivity contribution is 5.96. The number of anilines is 1.